The number of nitrogens with zero attached hydrogens (tertiary/aromatic N) is 1. The summed E-state index contributed by atoms with van der Waals surface area (Å²) in [7, 11) is 3.12. The molecule has 18 heavy (non-hydrogen) atoms. The SMILES string of the molecule is CCc1ccc(OC)c(-c2c(O)n(C)[nH]c2=O)c1. The van der Waals surface area contributed by atoms with E-state index in [0.717, 1.165) is 12.0 Å². The van der Waals surface area contributed by atoms with Gasteiger partial charge in [-0.25, -0.2) is 0 Å². The van der Waals surface area contributed by atoms with Crippen LogP contribution in [0.2, 0.25) is 0 Å². The smallest absolute Gasteiger partial charge is 0.276 e. The lowest BCUT2D eigenvalue weighted by Crippen LogP contribution is -2.04. The molecule has 0 fully saturated rings. The number of aromatic amines is 1. The first-order valence-electron chi connectivity index (χ1n) is 5.73. The molecule has 0 bridgehead atoms. The molecule has 0 radical (unpaired) electrons. The highest BCUT2D eigenvalue weighted by atomic mass is 16.5. The molecule has 5 nitrogen and oxygen atoms in total. The third kappa shape index (κ3) is 1.88. The number of aromatic hydroxyl groups is 1. The quantitative estimate of drug-likeness (QED) is 0.868. The van der Waals surface area contributed by atoms with E-state index in [1.165, 1.54) is 4.68 Å². The summed E-state index contributed by atoms with van der Waals surface area (Å²) in [5.74, 6) is 0.478. The predicted molar refractivity (Wildman–Crippen MR) is 69.1 cm³/mol. The van der Waals surface area contributed by atoms with Gasteiger partial charge in [-0.1, -0.05) is 13.0 Å². The molecule has 1 heterocycles. The Morgan fingerprint density at radius 1 is 1.44 bits per heavy atom. The molecular formula is C13H16N2O3. The Morgan fingerprint density at radius 2 is 2.17 bits per heavy atom. The largest absolute Gasteiger partial charge is 0.496 e. The summed E-state index contributed by atoms with van der Waals surface area (Å²) in [6.07, 6.45) is 0.850. The van der Waals surface area contributed by atoms with Gasteiger partial charge in [0.15, 0.2) is 0 Å². The molecule has 0 saturated heterocycles. The monoisotopic (exact) mass is 248 g/mol. The van der Waals surface area contributed by atoms with Crippen molar-refractivity contribution in [3.63, 3.8) is 0 Å². The highest BCUT2D eigenvalue weighted by Gasteiger charge is 2.18. The van der Waals surface area contributed by atoms with E-state index in [9.17, 15) is 9.90 Å². The maximum Gasteiger partial charge on any atom is 0.276 e. The van der Waals surface area contributed by atoms with Crippen molar-refractivity contribution >= 4 is 0 Å². The van der Waals surface area contributed by atoms with Crippen LogP contribution in [0, 0.1) is 0 Å². The highest BCUT2D eigenvalue weighted by molar-refractivity contribution is 5.74. The first-order chi connectivity index (χ1) is 8.58. The van der Waals surface area contributed by atoms with Crippen LogP contribution in [0.5, 0.6) is 11.6 Å². The molecule has 0 aliphatic carbocycles. The zero-order valence-electron chi connectivity index (χ0n) is 10.7. The van der Waals surface area contributed by atoms with Crippen LogP contribution in [0.3, 0.4) is 0 Å². The van der Waals surface area contributed by atoms with Gasteiger partial charge in [0.2, 0.25) is 5.88 Å². The lowest BCUT2D eigenvalue weighted by atomic mass is 10.0. The Balaban J connectivity index is 2.72. The fourth-order valence-corrected chi connectivity index (χ4v) is 1.94. The molecule has 5 heteroatoms. The van der Waals surface area contributed by atoms with Crippen molar-refractivity contribution in [1.82, 2.24) is 9.78 Å². The van der Waals surface area contributed by atoms with Gasteiger partial charge in [-0.15, -0.1) is 0 Å². The molecule has 0 saturated carbocycles. The normalized spacial score (nSPS) is 10.6. The number of ether oxygens (including phenoxy) is 1. The number of hydrogen-bond donors (Lipinski definition) is 2. The number of aromatic nitrogens is 2. The summed E-state index contributed by atoms with van der Waals surface area (Å²) in [5, 5.41) is 12.5. The van der Waals surface area contributed by atoms with Crippen molar-refractivity contribution in [2.24, 2.45) is 7.05 Å². The van der Waals surface area contributed by atoms with Crippen LogP contribution < -0.4 is 10.3 Å². The number of nitrogens with one attached hydrogen (secondary N) is 1. The van der Waals surface area contributed by atoms with Gasteiger partial charge in [-0.2, -0.15) is 0 Å². The Kier molecular flexibility index (Phi) is 3.14. The van der Waals surface area contributed by atoms with Gasteiger partial charge < -0.3 is 9.84 Å². The van der Waals surface area contributed by atoms with Crippen molar-refractivity contribution in [2.45, 2.75) is 13.3 Å². The number of hydrogen-bond acceptors (Lipinski definition) is 3. The van der Waals surface area contributed by atoms with Crippen LogP contribution in [-0.4, -0.2) is 22.0 Å². The maximum atomic E-state index is 11.8. The Bertz CT molecular complexity index is 626. The predicted octanol–water partition coefficient (Wildman–Crippen LogP) is 1.66. The molecule has 0 unspecified atom stereocenters. The zero-order chi connectivity index (χ0) is 13.3. The minimum Gasteiger partial charge on any atom is -0.496 e. The molecule has 0 atom stereocenters. The summed E-state index contributed by atoms with van der Waals surface area (Å²) in [4.78, 5) is 11.8. The molecule has 96 valence electrons. The minimum absolute atomic E-state index is 0.0912. The van der Waals surface area contributed by atoms with Crippen molar-refractivity contribution < 1.29 is 9.84 Å². The molecule has 1 aromatic heterocycles. The van der Waals surface area contributed by atoms with E-state index < -0.39 is 0 Å². The summed E-state index contributed by atoms with van der Waals surface area (Å²) in [5.41, 5.74) is 1.59. The number of rotatable bonds is 3. The van der Waals surface area contributed by atoms with E-state index in [-0.39, 0.29) is 17.0 Å². The second kappa shape index (κ2) is 4.60. The topological polar surface area (TPSA) is 67.2 Å². The first kappa shape index (κ1) is 12.3. The van der Waals surface area contributed by atoms with Crippen molar-refractivity contribution in [3.05, 3.63) is 34.1 Å². The first-order valence-corrected chi connectivity index (χ1v) is 5.73. The molecule has 2 rings (SSSR count). The van der Waals surface area contributed by atoms with Crippen LogP contribution in [0.15, 0.2) is 23.0 Å². The fourth-order valence-electron chi connectivity index (χ4n) is 1.94. The lowest BCUT2D eigenvalue weighted by molar-refractivity contribution is 0.412. The molecule has 0 aliphatic heterocycles. The Labute approximate surface area is 105 Å². The van der Waals surface area contributed by atoms with E-state index in [4.69, 9.17) is 4.74 Å². The van der Waals surface area contributed by atoms with Crippen molar-refractivity contribution in [3.8, 4) is 22.8 Å². The third-order valence-corrected chi connectivity index (χ3v) is 2.98. The summed E-state index contributed by atoms with van der Waals surface area (Å²) in [6.45, 7) is 2.03. The highest BCUT2D eigenvalue weighted by Crippen LogP contribution is 2.33. The van der Waals surface area contributed by atoms with Crippen molar-refractivity contribution in [1.29, 1.82) is 0 Å². The van der Waals surface area contributed by atoms with Gasteiger partial charge in [-0.3, -0.25) is 14.6 Å². The number of methoxy groups -OCH3 is 1. The van der Waals surface area contributed by atoms with Gasteiger partial charge in [-0.05, 0) is 24.1 Å². The van der Waals surface area contributed by atoms with Gasteiger partial charge in [0.1, 0.15) is 11.3 Å². The van der Waals surface area contributed by atoms with E-state index in [2.05, 4.69) is 5.10 Å². The summed E-state index contributed by atoms with van der Waals surface area (Å²) < 4.78 is 6.53. The molecular weight excluding hydrogens is 232 g/mol. The molecule has 0 amide bonds. The average molecular weight is 248 g/mol. The van der Waals surface area contributed by atoms with Crippen LogP contribution in [0.25, 0.3) is 11.1 Å². The average Bonchev–Trinajstić information content (AvgIpc) is 2.62. The van der Waals surface area contributed by atoms with E-state index >= 15 is 0 Å². The van der Waals surface area contributed by atoms with Crippen molar-refractivity contribution in [2.75, 3.05) is 7.11 Å². The molecule has 2 aromatic rings. The Morgan fingerprint density at radius 3 is 2.67 bits per heavy atom. The van der Waals surface area contributed by atoms with Crippen LogP contribution in [0.1, 0.15) is 12.5 Å². The molecule has 0 aliphatic rings. The second-order valence-electron chi connectivity index (χ2n) is 4.09. The molecule has 1 aromatic carbocycles. The van der Waals surface area contributed by atoms with Gasteiger partial charge >= 0.3 is 0 Å². The van der Waals surface area contributed by atoms with Crippen LogP contribution >= 0.6 is 0 Å². The fraction of sp³-hybridized carbons (Fsp3) is 0.308. The summed E-state index contributed by atoms with van der Waals surface area (Å²) >= 11 is 0. The van der Waals surface area contributed by atoms with Gasteiger partial charge in [0.25, 0.3) is 5.56 Å². The third-order valence-electron chi connectivity index (χ3n) is 2.98. The lowest BCUT2D eigenvalue weighted by Gasteiger charge is -2.08. The zero-order valence-corrected chi connectivity index (χ0v) is 10.7. The van der Waals surface area contributed by atoms with E-state index in [1.54, 1.807) is 20.2 Å². The second-order valence-corrected chi connectivity index (χ2v) is 4.09. The van der Waals surface area contributed by atoms with E-state index in [1.807, 2.05) is 19.1 Å². The maximum absolute atomic E-state index is 11.8. The van der Waals surface area contributed by atoms with Crippen LogP contribution in [-0.2, 0) is 13.5 Å². The van der Waals surface area contributed by atoms with E-state index in [0.29, 0.717) is 11.3 Å². The Hall–Kier alpha value is -2.17. The van der Waals surface area contributed by atoms with Gasteiger partial charge in [0, 0.05) is 12.6 Å². The number of H-pyrrole nitrogens is 1. The van der Waals surface area contributed by atoms with Crippen LogP contribution in [0.4, 0.5) is 0 Å². The minimum atomic E-state index is -0.332. The molecule has 0 spiro atoms. The number of aryl methyl sites for hydroxylation is 2. The number of benzene rings is 1. The molecule has 2 N–H and O–H groups in total. The standard InChI is InChI=1S/C13H16N2O3/c1-4-8-5-6-10(18-3)9(7-8)11-12(16)14-15(2)13(11)17/h5-7,17H,4H2,1-3H3,(H,14,16). The summed E-state index contributed by atoms with van der Waals surface area (Å²) in [6, 6.07) is 5.61. The van der Waals surface area contributed by atoms with Gasteiger partial charge in [0.05, 0.1) is 7.11 Å².